The fourth-order valence-electron chi connectivity index (χ4n) is 8.09. The number of aliphatic hydroxyl groups is 1. The van der Waals surface area contributed by atoms with E-state index in [0.29, 0.717) is 36.6 Å². The van der Waals surface area contributed by atoms with Crippen LogP contribution >= 0.6 is 11.3 Å². The summed E-state index contributed by atoms with van der Waals surface area (Å²) >= 11 is 1.36. The number of nitrogens with one attached hydrogen (secondary N) is 1. The number of thiazole rings is 1. The van der Waals surface area contributed by atoms with Crippen molar-refractivity contribution in [3.05, 3.63) is 101 Å². The van der Waals surface area contributed by atoms with Crippen molar-refractivity contribution >= 4 is 40.4 Å². The monoisotopic (exact) mass is 959 g/mol. The average Bonchev–Trinajstić information content (AvgIpc) is 4.07. The molecule has 0 bridgehead atoms. The molecule has 0 radical (unpaired) electrons. The molecular weight excluding hydrogens is 911 g/mol. The number of likely N-dealkylation sites (tertiary alicyclic amines) is 1. The normalized spacial score (nSPS) is 17.7. The van der Waals surface area contributed by atoms with Crippen molar-refractivity contribution in [3.63, 3.8) is 0 Å². The molecule has 2 aliphatic heterocycles. The molecule has 0 aliphatic carbocycles. The smallest absolute Gasteiger partial charge is 0.420 e. The van der Waals surface area contributed by atoms with Crippen LogP contribution in [0.1, 0.15) is 82.6 Å². The number of benzene rings is 2. The number of nitriles is 1. The number of carbonyl (C=O) groups excluding carboxylic acids is 3. The highest BCUT2D eigenvalue weighted by Crippen LogP contribution is 2.44. The Morgan fingerprint density at radius 3 is 2.43 bits per heavy atom. The lowest BCUT2D eigenvalue weighted by Crippen LogP contribution is -2.55. The number of unbranched alkanes of at least 4 members (excludes halogenated alkanes) is 1. The van der Waals surface area contributed by atoms with Crippen LogP contribution < -0.4 is 19.9 Å². The number of amides is 3. The van der Waals surface area contributed by atoms with Gasteiger partial charge in [-0.15, -0.1) is 21.5 Å². The van der Waals surface area contributed by atoms with Crippen molar-refractivity contribution in [2.24, 2.45) is 5.41 Å². The Morgan fingerprint density at radius 2 is 1.79 bits per heavy atom. The molecule has 5 aromatic rings. The second-order valence-electron chi connectivity index (χ2n) is 17.9. The van der Waals surface area contributed by atoms with Crippen LogP contribution in [0.5, 0.6) is 5.75 Å². The van der Waals surface area contributed by atoms with Gasteiger partial charge in [0.05, 0.1) is 58.8 Å². The van der Waals surface area contributed by atoms with Crippen molar-refractivity contribution in [2.75, 3.05) is 36.2 Å². The zero-order chi connectivity index (χ0) is 49.3. The molecule has 5 heterocycles. The first-order chi connectivity index (χ1) is 32.1. The van der Waals surface area contributed by atoms with Crippen molar-refractivity contribution in [1.82, 2.24) is 30.4 Å². The number of aliphatic hydroxyl groups excluding tert-OH is 1. The van der Waals surface area contributed by atoms with Gasteiger partial charge in [0, 0.05) is 25.1 Å². The van der Waals surface area contributed by atoms with E-state index in [4.69, 9.17) is 13.9 Å². The molecular formula is C47H49F4N9O7S. The van der Waals surface area contributed by atoms with Crippen LogP contribution in [0, 0.1) is 29.5 Å². The summed E-state index contributed by atoms with van der Waals surface area (Å²) in [5, 5.41) is 30.9. The predicted octanol–water partition coefficient (Wildman–Crippen LogP) is 7.74. The van der Waals surface area contributed by atoms with E-state index >= 15 is 4.39 Å². The maximum atomic E-state index is 15.4. The molecule has 68 heavy (non-hydrogen) atoms. The number of aromatic nitrogens is 4. The van der Waals surface area contributed by atoms with Gasteiger partial charge >= 0.3 is 6.18 Å². The van der Waals surface area contributed by atoms with Crippen molar-refractivity contribution in [2.45, 2.75) is 90.7 Å². The average molecular weight is 960 g/mol. The molecule has 3 aromatic heterocycles. The van der Waals surface area contributed by atoms with Gasteiger partial charge in [-0.05, 0) is 87.6 Å². The van der Waals surface area contributed by atoms with Gasteiger partial charge in [-0.2, -0.15) is 18.4 Å². The van der Waals surface area contributed by atoms with E-state index in [0.717, 1.165) is 33.2 Å². The summed E-state index contributed by atoms with van der Waals surface area (Å²) in [6, 6.07) is 12.0. The lowest BCUT2D eigenvalue weighted by atomic mass is 9.85. The summed E-state index contributed by atoms with van der Waals surface area (Å²) in [5.41, 5.74) is -1.34. The molecule has 3 amide bonds. The third-order valence-electron chi connectivity index (χ3n) is 11.6. The molecule has 2 N–H and O–H groups in total. The van der Waals surface area contributed by atoms with Crippen LogP contribution in [-0.2, 0) is 25.3 Å². The zero-order valence-corrected chi connectivity index (χ0v) is 38.9. The van der Waals surface area contributed by atoms with Gasteiger partial charge in [-0.3, -0.25) is 24.3 Å². The first-order valence-electron chi connectivity index (χ1n) is 21.5. The molecule has 2 aromatic carbocycles. The Hall–Kier alpha value is -6.76. The molecule has 2 aliphatic rings. The quantitative estimate of drug-likeness (QED) is 0.0764. The Labute approximate surface area is 393 Å². The topological polar surface area (TPSA) is 200 Å². The lowest BCUT2D eigenvalue weighted by molar-refractivity contribution is -0.142. The van der Waals surface area contributed by atoms with Gasteiger partial charge in [0.2, 0.25) is 17.7 Å². The number of rotatable bonds is 15. The Kier molecular flexibility index (Phi) is 14.1. The Balaban J connectivity index is 0.869. The van der Waals surface area contributed by atoms with Gasteiger partial charge in [-0.25, -0.2) is 9.37 Å². The molecule has 2 fully saturated rings. The summed E-state index contributed by atoms with van der Waals surface area (Å²) < 4.78 is 74.2. The number of carbonyl (C=O) groups is 3. The summed E-state index contributed by atoms with van der Waals surface area (Å²) in [6.45, 7) is 14.7. The standard InChI is InChI=1S/C47H49F4N9O7S/c1-26-39(68-25-54-26)42-57-56-41(67-42)35-20-31(61)23-58(35)43(63)40(45(3,4)5)55-36(62)24-65-18-8-9-19-66-32-14-10-28(11-15-32)33-16-13-30(22-53-33)60-27(2)59(44(64)46(60,6)7)34-17-12-29(21-52)37(38(34)48)47(49,50)51/h10-17,22,25,31,35,40,61H,2,8-9,18-20,23-24H2,1,3-7H3,(H,55,62)/t31-,35+,40-/m1/s1. The molecule has 358 valence electrons. The molecule has 0 saturated carbocycles. The van der Waals surface area contributed by atoms with E-state index in [1.165, 1.54) is 47.3 Å². The van der Waals surface area contributed by atoms with E-state index in [9.17, 15) is 37.9 Å². The van der Waals surface area contributed by atoms with Crippen LogP contribution in [0.4, 0.5) is 28.9 Å². The summed E-state index contributed by atoms with van der Waals surface area (Å²) in [4.78, 5) is 53.8. The lowest BCUT2D eigenvalue weighted by Gasteiger charge is -2.35. The molecule has 16 nitrogen and oxygen atoms in total. The molecule has 21 heteroatoms. The summed E-state index contributed by atoms with van der Waals surface area (Å²) in [6.07, 6.45) is -3.11. The molecule has 0 unspecified atom stereocenters. The largest absolute Gasteiger partial charge is 0.494 e. The van der Waals surface area contributed by atoms with Gasteiger partial charge in [0.15, 0.2) is 5.82 Å². The van der Waals surface area contributed by atoms with Crippen LogP contribution in [0.15, 0.2) is 77.1 Å². The highest BCUT2D eigenvalue weighted by atomic mass is 32.1. The van der Waals surface area contributed by atoms with Crippen molar-refractivity contribution in [1.29, 1.82) is 5.26 Å². The van der Waals surface area contributed by atoms with Crippen LogP contribution in [-0.4, -0.2) is 91.9 Å². The number of nitrogens with zero attached hydrogens (tertiary/aromatic N) is 8. The first kappa shape index (κ1) is 49.2. The number of aryl methyl sites for hydroxylation is 1. The molecule has 2 saturated heterocycles. The number of β-amino-alcohol motifs (C(OH)–C–C–N with tert-alkyl or cyclic N) is 1. The fraction of sp³-hybridized carbons (Fsp3) is 0.404. The number of pyridine rings is 1. The fourth-order valence-corrected chi connectivity index (χ4v) is 8.81. The minimum Gasteiger partial charge on any atom is -0.494 e. The maximum absolute atomic E-state index is 15.4. The van der Waals surface area contributed by atoms with Crippen LogP contribution in [0.2, 0.25) is 0 Å². The number of hydrogen-bond donors (Lipinski definition) is 2. The third kappa shape index (κ3) is 10.1. The molecule has 0 spiro atoms. The number of hydrogen-bond acceptors (Lipinski definition) is 14. The summed E-state index contributed by atoms with van der Waals surface area (Å²) in [7, 11) is 0. The van der Waals surface area contributed by atoms with E-state index in [-0.39, 0.29) is 49.7 Å². The highest BCUT2D eigenvalue weighted by Gasteiger charge is 2.51. The molecule has 7 rings (SSSR count). The van der Waals surface area contributed by atoms with Gasteiger partial charge in [0.25, 0.3) is 11.8 Å². The number of anilines is 2. The van der Waals surface area contributed by atoms with E-state index in [1.54, 1.807) is 29.8 Å². The highest BCUT2D eigenvalue weighted by molar-refractivity contribution is 7.13. The number of halogens is 4. The van der Waals surface area contributed by atoms with Gasteiger partial charge in [0.1, 0.15) is 46.2 Å². The Morgan fingerprint density at radius 1 is 1.07 bits per heavy atom. The molecule has 3 atom stereocenters. The first-order valence-corrected chi connectivity index (χ1v) is 22.4. The van der Waals surface area contributed by atoms with E-state index in [1.807, 2.05) is 39.8 Å². The van der Waals surface area contributed by atoms with Crippen LogP contribution in [0.25, 0.3) is 22.0 Å². The summed E-state index contributed by atoms with van der Waals surface area (Å²) in [5.74, 6) is -2.37. The second kappa shape index (κ2) is 19.5. The maximum Gasteiger partial charge on any atom is 0.420 e. The van der Waals surface area contributed by atoms with Crippen molar-refractivity contribution in [3.8, 4) is 33.8 Å². The van der Waals surface area contributed by atoms with Gasteiger partial charge < -0.3 is 34.1 Å². The number of ether oxygens (including phenoxy) is 2. The number of alkyl halides is 3. The SMILES string of the molecule is C=C1N(c2ccc(C#N)c(C(F)(F)F)c2F)C(=O)C(C)(C)N1c1ccc(-c2ccc(OCCCCOCC(=O)N[C@H](C(=O)N3C[C@H](O)C[C@H]3c3nnc(-c4scnc4C)o3)C(C)(C)C)cc2)nc1. The van der Waals surface area contributed by atoms with Crippen molar-refractivity contribution < 1.29 is 50.9 Å². The Bertz CT molecular complexity index is 2730. The minimum atomic E-state index is -5.18. The predicted molar refractivity (Wildman–Crippen MR) is 241 cm³/mol. The third-order valence-corrected chi connectivity index (χ3v) is 12.5. The van der Waals surface area contributed by atoms with E-state index in [2.05, 4.69) is 32.1 Å². The van der Waals surface area contributed by atoms with Gasteiger partial charge in [-0.1, -0.05) is 27.4 Å². The van der Waals surface area contributed by atoms with Crippen LogP contribution in [0.3, 0.4) is 0 Å². The van der Waals surface area contributed by atoms with E-state index < -0.39 is 69.8 Å². The second-order valence-corrected chi connectivity index (χ2v) is 18.7. The zero-order valence-electron chi connectivity index (χ0n) is 38.1. The minimum absolute atomic E-state index is 0.0387.